The Labute approximate surface area is 332 Å². The zero-order valence-corrected chi connectivity index (χ0v) is 31.3. The Bertz CT molecular complexity index is 2480. The summed E-state index contributed by atoms with van der Waals surface area (Å²) in [6.45, 7) is -0.910. The van der Waals surface area contributed by atoms with Crippen LogP contribution in [0.5, 0.6) is 0 Å². The first kappa shape index (κ1) is 38.8. The minimum absolute atomic E-state index is 0.00669. The number of carbonyl (C=O) groups is 6. The second-order valence-corrected chi connectivity index (χ2v) is 14.1. The molecule has 0 bridgehead atoms. The summed E-state index contributed by atoms with van der Waals surface area (Å²) in [5.41, 5.74) is 10.2. The number of carbonyl (C=O) groups excluding carboxylic acids is 6. The maximum absolute atomic E-state index is 14.5. The third-order valence-electron chi connectivity index (χ3n) is 10.1. The first-order chi connectivity index (χ1) is 28.1. The first-order valence-corrected chi connectivity index (χ1v) is 18.9. The number of aromatic nitrogens is 2. The molecule has 3 heterocycles. The predicted octanol–water partition coefficient (Wildman–Crippen LogP) is 1.76. The summed E-state index contributed by atoms with van der Waals surface area (Å²) in [6.07, 6.45) is 3.58. The molecule has 1 saturated heterocycles. The van der Waals surface area contributed by atoms with Gasteiger partial charge in [-0.3, -0.25) is 28.8 Å². The summed E-state index contributed by atoms with van der Waals surface area (Å²) in [7, 11) is 0. The van der Waals surface area contributed by atoms with Crippen LogP contribution in [0.3, 0.4) is 0 Å². The molecule has 6 aromatic rings. The monoisotopic (exact) mass is 781 g/mol. The third kappa shape index (κ3) is 9.16. The number of nitrogen functional groups attached to an aromatic ring is 1. The molecule has 4 atom stereocenters. The molecule has 10 N–H and O–H groups in total. The van der Waals surface area contributed by atoms with E-state index in [4.69, 9.17) is 5.73 Å². The van der Waals surface area contributed by atoms with Crippen LogP contribution in [-0.4, -0.2) is 82.7 Å². The van der Waals surface area contributed by atoms with E-state index in [1.807, 2.05) is 54.6 Å². The summed E-state index contributed by atoms with van der Waals surface area (Å²) in [5, 5.41) is 18.0. The van der Waals surface area contributed by atoms with Gasteiger partial charge in [-0.05, 0) is 41.0 Å². The highest BCUT2D eigenvalue weighted by atomic mass is 16.2. The highest BCUT2D eigenvalue weighted by molar-refractivity contribution is 6.01. The van der Waals surface area contributed by atoms with E-state index >= 15 is 0 Å². The van der Waals surface area contributed by atoms with E-state index in [0.717, 1.165) is 27.4 Å². The average Bonchev–Trinajstić information content (AvgIpc) is 3.84. The van der Waals surface area contributed by atoms with Crippen molar-refractivity contribution in [2.24, 2.45) is 0 Å². The fraction of sp³-hybridized carbons (Fsp3) is 0.209. The van der Waals surface area contributed by atoms with Crippen molar-refractivity contribution in [2.45, 2.75) is 43.4 Å². The number of anilines is 1. The molecule has 1 aliphatic rings. The highest BCUT2D eigenvalue weighted by Crippen LogP contribution is 2.21. The van der Waals surface area contributed by atoms with Crippen LogP contribution < -0.4 is 37.6 Å². The molecule has 15 heteroatoms. The molecular weight excluding hydrogens is 739 g/mol. The minimum atomic E-state index is -1.43. The van der Waals surface area contributed by atoms with Gasteiger partial charge in [0.05, 0.1) is 12.1 Å². The number of para-hydroxylation sites is 3. The Morgan fingerprint density at radius 1 is 0.569 bits per heavy atom. The van der Waals surface area contributed by atoms with Crippen molar-refractivity contribution in [3.8, 4) is 0 Å². The smallest absolute Gasteiger partial charge is 0.253 e. The normalized spacial score (nSPS) is 19.6. The number of hydrogen-bond donors (Lipinski definition) is 9. The molecule has 0 spiro atoms. The highest BCUT2D eigenvalue weighted by Gasteiger charge is 2.34. The lowest BCUT2D eigenvalue weighted by Gasteiger charge is -2.26. The fourth-order valence-electron chi connectivity index (χ4n) is 7.07. The number of benzene rings is 4. The van der Waals surface area contributed by atoms with Crippen LogP contribution in [0, 0.1) is 0 Å². The standard InChI is InChI=1S/C43H43N9O6/c44-31-15-7-4-14-30(31)39(54)47-23-37-43(58)50-34(18-25-10-2-1-3-11-25)40(55)48-24-38(53)49-35(19-26-21-45-32-16-8-5-12-28(26)32)41(56)51-36(42(57)52-37)20-27-22-46-33-17-9-6-13-29(27)33/h1-17,21-22,34-37,45-46H,18-20,23-24,44H2,(H,47,54)(H,48,55)(H,49,53)(H,50,58)(H,51,56)(H,52,57)/t34-,35-,36-,37-/m0/s1. The van der Waals surface area contributed by atoms with Gasteiger partial charge >= 0.3 is 0 Å². The third-order valence-corrected chi connectivity index (χ3v) is 10.1. The van der Waals surface area contributed by atoms with Crippen molar-refractivity contribution >= 4 is 62.9 Å². The van der Waals surface area contributed by atoms with E-state index in [1.54, 1.807) is 54.9 Å². The number of amides is 6. The quantitative estimate of drug-likeness (QED) is 0.0986. The van der Waals surface area contributed by atoms with Gasteiger partial charge in [0.15, 0.2) is 0 Å². The van der Waals surface area contributed by atoms with Gasteiger partial charge in [0, 0.05) is 65.7 Å². The van der Waals surface area contributed by atoms with Gasteiger partial charge in [-0.2, -0.15) is 0 Å². The molecule has 1 fully saturated rings. The largest absolute Gasteiger partial charge is 0.398 e. The van der Waals surface area contributed by atoms with Gasteiger partial charge in [-0.25, -0.2) is 0 Å². The Kier molecular flexibility index (Phi) is 11.8. The number of nitrogens with two attached hydrogens (primary N) is 1. The molecule has 1 aliphatic heterocycles. The van der Waals surface area contributed by atoms with Crippen LogP contribution in [-0.2, 0) is 43.2 Å². The Balaban J connectivity index is 1.24. The van der Waals surface area contributed by atoms with E-state index < -0.39 is 72.7 Å². The lowest BCUT2D eigenvalue weighted by atomic mass is 10.0. The molecule has 0 unspecified atom stereocenters. The van der Waals surface area contributed by atoms with Crippen molar-refractivity contribution < 1.29 is 28.8 Å². The van der Waals surface area contributed by atoms with Gasteiger partial charge in [-0.15, -0.1) is 0 Å². The Morgan fingerprint density at radius 2 is 1.07 bits per heavy atom. The number of rotatable bonds is 9. The second kappa shape index (κ2) is 17.6. The maximum Gasteiger partial charge on any atom is 0.253 e. The topological polar surface area (TPSA) is 232 Å². The summed E-state index contributed by atoms with van der Waals surface area (Å²) in [5.74, 6) is -4.14. The zero-order chi connectivity index (χ0) is 40.6. The van der Waals surface area contributed by atoms with E-state index in [9.17, 15) is 28.8 Å². The molecule has 0 saturated carbocycles. The molecular formula is C43H43N9O6. The van der Waals surface area contributed by atoms with Gasteiger partial charge < -0.3 is 47.6 Å². The van der Waals surface area contributed by atoms with Crippen molar-refractivity contribution in [1.82, 2.24) is 41.9 Å². The second-order valence-electron chi connectivity index (χ2n) is 14.1. The summed E-state index contributed by atoms with van der Waals surface area (Å²) in [4.78, 5) is 89.8. The molecule has 4 aromatic carbocycles. The number of fused-ring (bicyclic) bond motifs is 2. The molecule has 6 amide bonds. The van der Waals surface area contributed by atoms with Crippen LogP contribution in [0.15, 0.2) is 116 Å². The van der Waals surface area contributed by atoms with Crippen molar-refractivity contribution in [3.05, 3.63) is 138 Å². The Hall–Kier alpha value is -7.42. The maximum atomic E-state index is 14.5. The van der Waals surface area contributed by atoms with Gasteiger partial charge in [-0.1, -0.05) is 78.9 Å². The van der Waals surface area contributed by atoms with Gasteiger partial charge in [0.1, 0.15) is 24.2 Å². The van der Waals surface area contributed by atoms with Crippen molar-refractivity contribution in [2.75, 3.05) is 18.8 Å². The van der Waals surface area contributed by atoms with E-state index in [-0.39, 0.29) is 30.5 Å². The molecule has 0 radical (unpaired) electrons. The van der Waals surface area contributed by atoms with E-state index in [0.29, 0.717) is 11.1 Å². The SMILES string of the molecule is Nc1ccccc1C(=O)NC[C@@H]1NC(=O)[C@H](Cc2c[nH]c3ccccc23)NC(=O)[C@H](Cc2c[nH]c3ccccc23)NC(=O)CNC(=O)[C@H](Cc2ccccc2)NC1=O. The number of aromatic amines is 2. The van der Waals surface area contributed by atoms with Crippen LogP contribution >= 0.6 is 0 Å². The number of hydrogen-bond acceptors (Lipinski definition) is 7. The summed E-state index contributed by atoms with van der Waals surface area (Å²) < 4.78 is 0. The predicted molar refractivity (Wildman–Crippen MR) is 218 cm³/mol. The average molecular weight is 782 g/mol. The van der Waals surface area contributed by atoms with Gasteiger partial charge in [0.25, 0.3) is 5.91 Å². The van der Waals surface area contributed by atoms with E-state index in [1.165, 1.54) is 6.07 Å². The molecule has 15 nitrogen and oxygen atoms in total. The summed E-state index contributed by atoms with van der Waals surface area (Å²) >= 11 is 0. The molecule has 58 heavy (non-hydrogen) atoms. The van der Waals surface area contributed by atoms with Crippen LogP contribution in [0.2, 0.25) is 0 Å². The molecule has 7 rings (SSSR count). The van der Waals surface area contributed by atoms with Crippen molar-refractivity contribution in [3.63, 3.8) is 0 Å². The fourth-order valence-corrected chi connectivity index (χ4v) is 7.07. The zero-order valence-electron chi connectivity index (χ0n) is 31.3. The number of nitrogens with one attached hydrogen (secondary N) is 8. The lowest BCUT2D eigenvalue weighted by Crippen LogP contribution is -2.60. The first-order valence-electron chi connectivity index (χ1n) is 18.9. The van der Waals surface area contributed by atoms with Crippen molar-refractivity contribution in [1.29, 1.82) is 0 Å². The van der Waals surface area contributed by atoms with Crippen LogP contribution in [0.1, 0.15) is 27.0 Å². The van der Waals surface area contributed by atoms with E-state index in [2.05, 4.69) is 41.9 Å². The van der Waals surface area contributed by atoms with Gasteiger partial charge in [0.2, 0.25) is 29.5 Å². The minimum Gasteiger partial charge on any atom is -0.398 e. The van der Waals surface area contributed by atoms with Crippen LogP contribution in [0.25, 0.3) is 21.8 Å². The number of H-pyrrole nitrogens is 2. The molecule has 0 aliphatic carbocycles. The molecule has 2 aromatic heterocycles. The lowest BCUT2D eigenvalue weighted by molar-refractivity contribution is -0.133. The van der Waals surface area contributed by atoms with Crippen LogP contribution in [0.4, 0.5) is 5.69 Å². The summed E-state index contributed by atoms with van der Waals surface area (Å²) in [6, 6.07) is 25.3. The Morgan fingerprint density at radius 3 is 1.69 bits per heavy atom. The molecule has 296 valence electrons.